The molecule has 0 amide bonds. The molecule has 0 saturated carbocycles. The van der Waals surface area contributed by atoms with E-state index in [0.717, 1.165) is 27.6 Å². The van der Waals surface area contributed by atoms with Gasteiger partial charge in [0.1, 0.15) is 0 Å². The highest BCUT2D eigenvalue weighted by molar-refractivity contribution is 5.91. The van der Waals surface area contributed by atoms with Gasteiger partial charge < -0.3 is 0 Å². The van der Waals surface area contributed by atoms with E-state index in [1.807, 2.05) is 85.8 Å². The molecule has 2 aromatic heterocycles. The average Bonchev–Trinajstić information content (AvgIpc) is 3.18. The number of aromatic nitrogens is 4. The molecule has 5 nitrogen and oxygen atoms in total. The molecule has 0 fully saturated rings. The summed E-state index contributed by atoms with van der Waals surface area (Å²) >= 11 is 0. The molecule has 3 aromatic carbocycles. The summed E-state index contributed by atoms with van der Waals surface area (Å²) in [4.78, 5) is 18.0. The molecule has 0 atom stereocenters. The molecule has 5 rings (SSSR count). The Labute approximate surface area is 161 Å². The van der Waals surface area contributed by atoms with Crippen molar-refractivity contribution in [2.24, 2.45) is 0 Å². The number of nitrogens with zero attached hydrogens (tertiary/aromatic N) is 4. The van der Waals surface area contributed by atoms with Crippen LogP contribution in [0.5, 0.6) is 0 Å². The summed E-state index contributed by atoms with van der Waals surface area (Å²) in [6.07, 6.45) is 0. The molecule has 0 unspecified atom stereocenters. The van der Waals surface area contributed by atoms with E-state index in [1.54, 1.807) is 4.57 Å². The highest BCUT2D eigenvalue weighted by atomic mass is 16.2. The molecule has 0 radical (unpaired) electrons. The second-order valence-corrected chi connectivity index (χ2v) is 6.91. The molecule has 5 aromatic rings. The summed E-state index contributed by atoms with van der Waals surface area (Å²) in [5.74, 6) is 0.559. The van der Waals surface area contributed by atoms with Crippen molar-refractivity contribution in [1.29, 1.82) is 0 Å². The Morgan fingerprint density at radius 1 is 0.893 bits per heavy atom. The van der Waals surface area contributed by atoms with Gasteiger partial charge >= 0.3 is 5.69 Å². The van der Waals surface area contributed by atoms with Crippen LogP contribution in [0.1, 0.15) is 11.1 Å². The number of hydrogen-bond donors (Lipinski definition) is 0. The van der Waals surface area contributed by atoms with Gasteiger partial charge in [0.15, 0.2) is 11.5 Å². The van der Waals surface area contributed by atoms with Crippen molar-refractivity contribution in [1.82, 2.24) is 19.2 Å². The Balaban J connectivity index is 1.79. The Bertz CT molecular complexity index is 1370. The van der Waals surface area contributed by atoms with Gasteiger partial charge in [0, 0.05) is 10.9 Å². The molecule has 2 heterocycles. The molecule has 28 heavy (non-hydrogen) atoms. The third kappa shape index (κ3) is 2.68. The van der Waals surface area contributed by atoms with Crippen LogP contribution in [0.3, 0.4) is 0 Å². The van der Waals surface area contributed by atoms with Gasteiger partial charge in [-0.3, -0.25) is 4.57 Å². The molecule has 5 heteroatoms. The first-order chi connectivity index (χ1) is 13.7. The first-order valence-electron chi connectivity index (χ1n) is 9.20. The van der Waals surface area contributed by atoms with Crippen molar-refractivity contribution in [3.8, 4) is 11.4 Å². The van der Waals surface area contributed by atoms with Crippen LogP contribution in [0.25, 0.3) is 27.9 Å². The van der Waals surface area contributed by atoms with Crippen LogP contribution in [-0.2, 0) is 6.54 Å². The predicted molar refractivity (Wildman–Crippen MR) is 110 cm³/mol. The lowest BCUT2D eigenvalue weighted by atomic mass is 10.1. The van der Waals surface area contributed by atoms with E-state index in [2.05, 4.69) is 5.10 Å². The summed E-state index contributed by atoms with van der Waals surface area (Å²) in [6.45, 7) is 2.51. The molecular formula is C23H18N4O. The maximum atomic E-state index is 13.3. The van der Waals surface area contributed by atoms with Gasteiger partial charge in [0.05, 0.1) is 12.1 Å². The number of aryl methyl sites for hydroxylation is 1. The minimum absolute atomic E-state index is 0.191. The smallest absolute Gasteiger partial charge is 0.287 e. The second-order valence-electron chi connectivity index (χ2n) is 6.91. The Kier molecular flexibility index (Phi) is 3.79. The van der Waals surface area contributed by atoms with E-state index < -0.39 is 0 Å². The molecule has 0 spiro atoms. The SMILES string of the molecule is Cc1cccc(-c2nc3c4ccccc4n(Cc4ccccc4)c(=O)n3n2)c1. The molecule has 0 saturated heterocycles. The molecular weight excluding hydrogens is 348 g/mol. The van der Waals surface area contributed by atoms with Crippen molar-refractivity contribution in [2.45, 2.75) is 13.5 Å². The Hall–Kier alpha value is -3.73. The normalized spacial score (nSPS) is 11.3. The van der Waals surface area contributed by atoms with Gasteiger partial charge in [-0.2, -0.15) is 4.52 Å². The van der Waals surface area contributed by atoms with Crippen molar-refractivity contribution in [3.63, 3.8) is 0 Å². The number of hydrogen-bond acceptors (Lipinski definition) is 3. The lowest BCUT2D eigenvalue weighted by molar-refractivity contribution is 0.716. The van der Waals surface area contributed by atoms with Crippen LogP contribution in [0.4, 0.5) is 0 Å². The van der Waals surface area contributed by atoms with E-state index in [9.17, 15) is 4.79 Å². The predicted octanol–water partition coefficient (Wildman–Crippen LogP) is 4.07. The molecule has 0 N–H and O–H groups in total. The fourth-order valence-corrected chi connectivity index (χ4v) is 3.56. The topological polar surface area (TPSA) is 52.2 Å². The zero-order valence-corrected chi connectivity index (χ0v) is 15.4. The largest absolute Gasteiger partial charge is 0.351 e. The Morgan fingerprint density at radius 3 is 2.50 bits per heavy atom. The van der Waals surface area contributed by atoms with Crippen LogP contribution in [0.2, 0.25) is 0 Å². The van der Waals surface area contributed by atoms with Crippen molar-refractivity contribution >= 4 is 16.6 Å². The fourth-order valence-electron chi connectivity index (χ4n) is 3.56. The third-order valence-electron chi connectivity index (χ3n) is 4.91. The fraction of sp³-hybridized carbons (Fsp3) is 0.0870. The standard InChI is InChI=1S/C23H18N4O/c1-16-8-7-11-18(14-16)21-24-22-19-12-5-6-13-20(19)26(23(28)27(22)25-21)15-17-9-3-2-4-10-17/h2-14H,15H2,1H3. The molecule has 0 bridgehead atoms. The van der Waals surface area contributed by atoms with E-state index >= 15 is 0 Å². The van der Waals surface area contributed by atoms with Crippen molar-refractivity contribution < 1.29 is 0 Å². The van der Waals surface area contributed by atoms with Gasteiger partial charge in [-0.05, 0) is 30.7 Å². The molecule has 136 valence electrons. The maximum Gasteiger partial charge on any atom is 0.351 e. The number of rotatable bonds is 3. The van der Waals surface area contributed by atoms with Crippen molar-refractivity contribution in [3.05, 3.63) is 100 Å². The molecule has 0 aliphatic rings. The van der Waals surface area contributed by atoms with Crippen LogP contribution < -0.4 is 5.69 Å². The zero-order chi connectivity index (χ0) is 19.1. The lowest BCUT2D eigenvalue weighted by Crippen LogP contribution is -2.28. The number of para-hydroxylation sites is 1. The van der Waals surface area contributed by atoms with E-state index in [1.165, 1.54) is 4.52 Å². The first kappa shape index (κ1) is 16.4. The number of fused-ring (bicyclic) bond motifs is 3. The van der Waals surface area contributed by atoms with E-state index in [-0.39, 0.29) is 5.69 Å². The van der Waals surface area contributed by atoms with Crippen LogP contribution in [-0.4, -0.2) is 19.2 Å². The average molecular weight is 366 g/mol. The Morgan fingerprint density at radius 2 is 1.68 bits per heavy atom. The summed E-state index contributed by atoms with van der Waals surface area (Å²) in [5, 5.41) is 5.46. The molecule has 0 aliphatic heterocycles. The maximum absolute atomic E-state index is 13.3. The van der Waals surface area contributed by atoms with Crippen LogP contribution in [0, 0.1) is 6.92 Å². The van der Waals surface area contributed by atoms with Crippen molar-refractivity contribution in [2.75, 3.05) is 0 Å². The summed E-state index contributed by atoms with van der Waals surface area (Å²) in [7, 11) is 0. The minimum Gasteiger partial charge on any atom is -0.287 e. The molecule has 0 aliphatic carbocycles. The van der Waals surface area contributed by atoms with Gasteiger partial charge in [-0.25, -0.2) is 9.78 Å². The summed E-state index contributed by atoms with van der Waals surface area (Å²) in [6, 6.07) is 25.8. The third-order valence-corrected chi connectivity index (χ3v) is 4.91. The zero-order valence-electron chi connectivity index (χ0n) is 15.4. The van der Waals surface area contributed by atoms with Gasteiger partial charge in [0.25, 0.3) is 0 Å². The van der Waals surface area contributed by atoms with Gasteiger partial charge in [-0.1, -0.05) is 66.2 Å². The second kappa shape index (κ2) is 6.46. The van der Waals surface area contributed by atoms with Gasteiger partial charge in [-0.15, -0.1) is 5.10 Å². The minimum atomic E-state index is -0.191. The lowest BCUT2D eigenvalue weighted by Gasteiger charge is -2.11. The first-order valence-corrected chi connectivity index (χ1v) is 9.20. The summed E-state index contributed by atoms with van der Waals surface area (Å²) < 4.78 is 3.18. The van der Waals surface area contributed by atoms with E-state index in [4.69, 9.17) is 4.98 Å². The van der Waals surface area contributed by atoms with Crippen LogP contribution in [0.15, 0.2) is 83.7 Å². The summed E-state index contributed by atoms with van der Waals surface area (Å²) in [5.41, 5.74) is 4.34. The number of benzene rings is 3. The highest BCUT2D eigenvalue weighted by Gasteiger charge is 2.16. The monoisotopic (exact) mass is 366 g/mol. The quantitative estimate of drug-likeness (QED) is 0.484. The van der Waals surface area contributed by atoms with E-state index in [0.29, 0.717) is 18.0 Å². The van der Waals surface area contributed by atoms with Gasteiger partial charge in [0.2, 0.25) is 0 Å². The highest BCUT2D eigenvalue weighted by Crippen LogP contribution is 2.22. The van der Waals surface area contributed by atoms with Crippen LogP contribution >= 0.6 is 0 Å².